The van der Waals surface area contributed by atoms with Gasteiger partial charge < -0.3 is 27.8 Å². The van der Waals surface area contributed by atoms with Crippen LogP contribution in [0, 0.1) is 0 Å². The number of benzene rings is 1. The van der Waals surface area contributed by atoms with Crippen molar-refractivity contribution in [3.8, 4) is 0 Å². The summed E-state index contributed by atoms with van der Waals surface area (Å²) < 4.78 is 2.73. The minimum absolute atomic E-state index is 0.271. The summed E-state index contributed by atoms with van der Waals surface area (Å²) >= 11 is 0. The minimum Gasteiger partial charge on any atom is -0.370 e. The Bertz CT molecular complexity index is 857. The molecule has 11 heteroatoms. The lowest BCUT2D eigenvalue weighted by Gasteiger charge is -2.15. The Morgan fingerprint density at radius 2 is 1.61 bits per heavy atom. The third kappa shape index (κ3) is 6.21. The first-order valence-corrected chi connectivity index (χ1v) is 8.44. The molecule has 8 N–H and O–H groups in total. The summed E-state index contributed by atoms with van der Waals surface area (Å²) in [5.74, 6) is -1.82. The molecule has 0 aliphatic heterocycles. The second-order valence-corrected chi connectivity index (χ2v) is 5.32. The number of nitrogens with one attached hydrogen (secondary N) is 2. The fraction of sp³-hybridized carbons (Fsp3) is 0.412. The first kappa shape index (κ1) is 24.8. The Balaban J connectivity index is 0.00000171. The van der Waals surface area contributed by atoms with Crippen LogP contribution in [0.4, 0.5) is 0 Å². The number of hydrogen-bond acceptors (Lipinski definition) is 6. The number of primary amides is 1. The van der Waals surface area contributed by atoms with Crippen LogP contribution in [0.2, 0.25) is 0 Å². The summed E-state index contributed by atoms with van der Waals surface area (Å²) in [6.07, 6.45) is -0.324. The van der Waals surface area contributed by atoms with Gasteiger partial charge in [-0.15, -0.1) is 0 Å². The van der Waals surface area contributed by atoms with Gasteiger partial charge in [0.2, 0.25) is 17.7 Å². The monoisotopic (exact) mass is 395 g/mol. The predicted molar refractivity (Wildman–Crippen MR) is 107 cm³/mol. The van der Waals surface area contributed by atoms with Gasteiger partial charge in [0.25, 0.3) is 0 Å². The summed E-state index contributed by atoms with van der Waals surface area (Å²) in [6.45, 7) is -0.271. The highest BCUT2D eigenvalue weighted by molar-refractivity contribution is 5.91. The smallest absolute Gasteiger partial charge is 0.329 e. The third-order valence-corrected chi connectivity index (χ3v) is 3.66. The number of para-hydroxylation sites is 2. The van der Waals surface area contributed by atoms with E-state index in [1.807, 2.05) is 0 Å². The zero-order valence-electron chi connectivity index (χ0n) is 16.6. The van der Waals surface area contributed by atoms with E-state index >= 15 is 0 Å². The van der Waals surface area contributed by atoms with Crippen molar-refractivity contribution < 1.29 is 14.4 Å². The number of aryl methyl sites for hydroxylation is 1. The average Bonchev–Trinajstić information content (AvgIpc) is 2.94. The molecule has 0 unspecified atom stereocenters. The van der Waals surface area contributed by atoms with Crippen LogP contribution in [-0.4, -0.2) is 54.0 Å². The van der Waals surface area contributed by atoms with Crippen LogP contribution < -0.4 is 33.5 Å². The van der Waals surface area contributed by atoms with E-state index in [2.05, 4.69) is 22.1 Å². The van der Waals surface area contributed by atoms with Gasteiger partial charge in [-0.3, -0.25) is 23.5 Å². The van der Waals surface area contributed by atoms with Gasteiger partial charge in [0.1, 0.15) is 12.6 Å². The Morgan fingerprint density at radius 1 is 1.07 bits per heavy atom. The molecule has 2 aromatic rings. The number of fused-ring (bicyclic) bond motifs is 1. The van der Waals surface area contributed by atoms with Crippen molar-refractivity contribution in [1.82, 2.24) is 19.8 Å². The average molecular weight is 395 g/mol. The van der Waals surface area contributed by atoms with Gasteiger partial charge in [-0.05, 0) is 26.2 Å². The summed E-state index contributed by atoms with van der Waals surface area (Å²) in [5, 5.41) is 4.78. The normalized spacial score (nSPS) is 10.6. The number of nitrogens with two attached hydrogens (primary N) is 3. The van der Waals surface area contributed by atoms with E-state index in [1.54, 1.807) is 31.3 Å². The number of aromatic nitrogens is 2. The number of amides is 3. The molecule has 0 spiro atoms. The molecule has 0 fully saturated rings. The molecule has 0 aliphatic rings. The van der Waals surface area contributed by atoms with Crippen LogP contribution in [-0.2, 0) is 28.0 Å². The van der Waals surface area contributed by atoms with Crippen molar-refractivity contribution >= 4 is 28.8 Å². The highest BCUT2D eigenvalue weighted by Gasteiger charge is 2.22. The van der Waals surface area contributed by atoms with Crippen LogP contribution in [0.15, 0.2) is 29.1 Å². The highest BCUT2D eigenvalue weighted by Crippen LogP contribution is 2.11. The molecule has 0 saturated heterocycles. The van der Waals surface area contributed by atoms with E-state index in [1.165, 1.54) is 30.3 Å². The lowest BCUT2D eigenvalue weighted by Crippen LogP contribution is -2.49. The molecule has 3 amide bonds. The SMILES string of the molecule is CN.CN.CNC(=O)[C@H](CC(N)=O)NC(=O)Cn1c(=O)n(C)c2ccccc21. The van der Waals surface area contributed by atoms with Gasteiger partial charge in [-0.25, -0.2) is 4.79 Å². The Hall–Kier alpha value is -3.18. The van der Waals surface area contributed by atoms with Gasteiger partial charge in [0.05, 0.1) is 17.5 Å². The van der Waals surface area contributed by atoms with Crippen LogP contribution >= 0.6 is 0 Å². The largest absolute Gasteiger partial charge is 0.370 e. The molecule has 1 heterocycles. The summed E-state index contributed by atoms with van der Waals surface area (Å²) in [5.41, 5.74) is 15.0. The molecule has 11 nitrogen and oxygen atoms in total. The second kappa shape index (κ2) is 12.3. The number of rotatable bonds is 6. The maximum Gasteiger partial charge on any atom is 0.329 e. The van der Waals surface area contributed by atoms with E-state index in [0.717, 1.165) is 0 Å². The first-order valence-electron chi connectivity index (χ1n) is 8.44. The van der Waals surface area contributed by atoms with Crippen molar-refractivity contribution in [3.05, 3.63) is 34.7 Å². The van der Waals surface area contributed by atoms with E-state index < -0.39 is 23.8 Å². The Morgan fingerprint density at radius 3 is 2.11 bits per heavy atom. The standard InChI is InChI=1S/C15H19N5O4.2CH5N/c1-17-14(23)9(7-12(16)21)18-13(22)8-20-11-6-4-3-5-10(11)19(2)15(20)24;2*1-2/h3-6,9H,7-8H2,1-2H3,(H2,16,21)(H,17,23)(H,18,22);2*2H2,1H3/t9-;;/m0../s1. The van der Waals surface area contributed by atoms with Crippen LogP contribution in [0.5, 0.6) is 0 Å². The van der Waals surface area contributed by atoms with Crippen molar-refractivity contribution in [3.63, 3.8) is 0 Å². The summed E-state index contributed by atoms with van der Waals surface area (Å²) in [7, 11) is 6.00. The van der Waals surface area contributed by atoms with E-state index in [0.29, 0.717) is 11.0 Å². The lowest BCUT2D eigenvalue weighted by atomic mass is 10.2. The zero-order valence-corrected chi connectivity index (χ0v) is 16.6. The Kier molecular flexibility index (Phi) is 10.9. The maximum absolute atomic E-state index is 12.3. The van der Waals surface area contributed by atoms with Gasteiger partial charge in [-0.2, -0.15) is 0 Å². The highest BCUT2D eigenvalue weighted by atomic mass is 16.2. The number of carbonyl (C=O) groups is 3. The van der Waals surface area contributed by atoms with Gasteiger partial charge >= 0.3 is 5.69 Å². The molecule has 1 aromatic carbocycles. The minimum atomic E-state index is -1.08. The van der Waals surface area contributed by atoms with Crippen molar-refractivity contribution in [1.29, 1.82) is 0 Å². The van der Waals surface area contributed by atoms with Crippen molar-refractivity contribution in [2.45, 2.75) is 19.0 Å². The molecule has 0 saturated carbocycles. The zero-order chi connectivity index (χ0) is 21.9. The molecular weight excluding hydrogens is 366 g/mol. The molecule has 1 aromatic heterocycles. The van der Waals surface area contributed by atoms with Gasteiger partial charge in [0, 0.05) is 14.1 Å². The summed E-state index contributed by atoms with van der Waals surface area (Å²) in [6, 6.07) is 5.97. The van der Waals surface area contributed by atoms with E-state index in [-0.39, 0.29) is 18.7 Å². The molecule has 2 rings (SSSR count). The van der Waals surface area contributed by atoms with Crippen molar-refractivity contribution in [2.75, 3.05) is 21.1 Å². The van der Waals surface area contributed by atoms with E-state index in [4.69, 9.17) is 5.73 Å². The fourth-order valence-electron chi connectivity index (χ4n) is 2.48. The molecule has 0 radical (unpaired) electrons. The van der Waals surface area contributed by atoms with E-state index in [9.17, 15) is 19.2 Å². The van der Waals surface area contributed by atoms with Crippen LogP contribution in [0.25, 0.3) is 11.0 Å². The number of likely N-dealkylation sites (N-methyl/N-ethyl adjacent to an activating group) is 1. The number of hydrogen-bond donors (Lipinski definition) is 5. The predicted octanol–water partition coefficient (Wildman–Crippen LogP) is -2.40. The van der Waals surface area contributed by atoms with Crippen LogP contribution in [0.1, 0.15) is 6.42 Å². The number of nitrogens with zero attached hydrogens (tertiary/aromatic N) is 2. The first-order chi connectivity index (χ1) is 13.3. The maximum atomic E-state index is 12.3. The topological polar surface area (TPSA) is 180 Å². The van der Waals surface area contributed by atoms with Crippen molar-refractivity contribution in [2.24, 2.45) is 24.2 Å². The molecule has 1 atom stereocenters. The van der Waals surface area contributed by atoms with Gasteiger partial charge in [-0.1, -0.05) is 12.1 Å². The summed E-state index contributed by atoms with van der Waals surface area (Å²) in [4.78, 5) is 47.2. The lowest BCUT2D eigenvalue weighted by molar-refractivity contribution is -0.131. The molecular formula is C17H29N7O4. The van der Waals surface area contributed by atoms with Crippen LogP contribution in [0.3, 0.4) is 0 Å². The quantitative estimate of drug-likeness (QED) is 0.363. The molecule has 156 valence electrons. The Labute approximate surface area is 162 Å². The molecule has 0 aliphatic carbocycles. The third-order valence-electron chi connectivity index (χ3n) is 3.66. The molecule has 28 heavy (non-hydrogen) atoms. The number of carbonyl (C=O) groups excluding carboxylic acids is 3. The van der Waals surface area contributed by atoms with Gasteiger partial charge in [0.15, 0.2) is 0 Å². The fourth-order valence-corrected chi connectivity index (χ4v) is 2.48. The number of imidazole rings is 1. The molecule has 0 bridgehead atoms. The second-order valence-electron chi connectivity index (χ2n) is 5.32.